The Morgan fingerprint density at radius 1 is 0.943 bits per heavy atom. The minimum atomic E-state index is -1.32. The van der Waals surface area contributed by atoms with Gasteiger partial charge in [-0.15, -0.1) is 0 Å². The van der Waals surface area contributed by atoms with E-state index in [0.717, 1.165) is 18.4 Å². The van der Waals surface area contributed by atoms with E-state index in [1.165, 1.54) is 0 Å². The number of ether oxygens (including phenoxy) is 7. The molecule has 1 aromatic rings. The van der Waals surface area contributed by atoms with E-state index in [1.54, 1.807) is 12.1 Å². The van der Waals surface area contributed by atoms with E-state index in [2.05, 4.69) is 18.8 Å². The Hall–Kier alpha value is -2.85. The Morgan fingerprint density at radius 3 is 1.94 bits per heavy atom. The highest BCUT2D eigenvalue weighted by Crippen LogP contribution is 2.33. The van der Waals surface area contributed by atoms with Gasteiger partial charge in [0, 0.05) is 11.1 Å². The lowest BCUT2D eigenvalue weighted by Crippen LogP contribution is -2.33. The summed E-state index contributed by atoms with van der Waals surface area (Å²) in [5.74, 6) is 0.985. The van der Waals surface area contributed by atoms with Crippen LogP contribution in [0.4, 0.5) is 9.59 Å². The summed E-state index contributed by atoms with van der Waals surface area (Å²) in [6.45, 7) is 9.14. The minimum absolute atomic E-state index is 0.135. The number of hydrogen-bond acceptors (Lipinski definition) is 10. The molecule has 0 unspecified atom stereocenters. The Kier molecular flexibility index (Phi) is 10.2. The van der Waals surface area contributed by atoms with Crippen molar-refractivity contribution in [2.24, 2.45) is 10.9 Å². The van der Waals surface area contributed by atoms with E-state index in [9.17, 15) is 9.59 Å². The fourth-order valence-electron chi connectivity index (χ4n) is 3.26. The normalized spacial score (nSPS) is 22.0. The molecule has 1 saturated heterocycles. The predicted molar refractivity (Wildman–Crippen MR) is 125 cm³/mol. The van der Waals surface area contributed by atoms with Crippen LogP contribution in [0.1, 0.15) is 70.8 Å². The van der Waals surface area contributed by atoms with E-state index >= 15 is 0 Å². The predicted octanol–water partition coefficient (Wildman–Crippen LogP) is 5.09. The number of carbonyl (C=O) groups is 2. The highest BCUT2D eigenvalue weighted by Gasteiger charge is 2.43. The fourth-order valence-corrected chi connectivity index (χ4v) is 3.26. The second kappa shape index (κ2) is 13.3. The van der Waals surface area contributed by atoms with Crippen molar-refractivity contribution >= 4 is 18.2 Å². The van der Waals surface area contributed by atoms with Crippen molar-refractivity contribution in [1.82, 2.24) is 0 Å². The Labute approximate surface area is 205 Å². The molecule has 3 rings (SSSR count). The van der Waals surface area contributed by atoms with Gasteiger partial charge in [-0.3, -0.25) is 0 Å². The molecule has 2 aliphatic rings. The van der Waals surface area contributed by atoms with Crippen molar-refractivity contribution in [2.45, 2.75) is 78.3 Å². The first-order valence-corrected chi connectivity index (χ1v) is 12.2. The van der Waals surface area contributed by atoms with E-state index in [-0.39, 0.29) is 19.3 Å². The van der Waals surface area contributed by atoms with Crippen molar-refractivity contribution in [3.8, 4) is 0 Å². The van der Waals surface area contributed by atoms with Crippen LogP contribution < -0.4 is 0 Å². The number of benzene rings is 1. The molecular formula is C25H35NO9. The van der Waals surface area contributed by atoms with Crippen LogP contribution in [0.5, 0.6) is 0 Å². The summed E-state index contributed by atoms with van der Waals surface area (Å²) in [6.07, 6.45) is -2.34. The zero-order chi connectivity index (χ0) is 25.2. The van der Waals surface area contributed by atoms with Gasteiger partial charge in [-0.05, 0) is 30.9 Å². The summed E-state index contributed by atoms with van der Waals surface area (Å²) >= 11 is 0. The van der Waals surface area contributed by atoms with Gasteiger partial charge in [0.15, 0.2) is 6.29 Å². The van der Waals surface area contributed by atoms with Gasteiger partial charge in [-0.25, -0.2) is 14.6 Å². The molecule has 1 fully saturated rings. The lowest BCUT2D eigenvalue weighted by Gasteiger charge is -2.16. The van der Waals surface area contributed by atoms with Gasteiger partial charge >= 0.3 is 12.3 Å². The SMILES string of the molecule is CCCCOC(=O)O[C@H]1OC(c2ccc(C3=N[C@@H](C(C)C)CO3)cc2)O[C@@H]1OC(=O)OCCCC. The van der Waals surface area contributed by atoms with Gasteiger partial charge in [0.05, 0.1) is 19.3 Å². The first-order valence-electron chi connectivity index (χ1n) is 12.2. The number of nitrogens with zero attached hydrogens (tertiary/aromatic N) is 1. The Morgan fingerprint density at radius 2 is 1.49 bits per heavy atom. The third kappa shape index (κ3) is 7.83. The minimum Gasteiger partial charge on any atom is -0.475 e. The molecule has 10 nitrogen and oxygen atoms in total. The molecule has 1 aromatic carbocycles. The number of rotatable bonds is 11. The molecule has 3 atom stereocenters. The molecule has 2 heterocycles. The van der Waals surface area contributed by atoms with Crippen LogP contribution >= 0.6 is 0 Å². The van der Waals surface area contributed by atoms with Crippen molar-refractivity contribution in [1.29, 1.82) is 0 Å². The van der Waals surface area contributed by atoms with Crippen LogP contribution in [-0.2, 0) is 33.2 Å². The molecule has 10 heteroatoms. The van der Waals surface area contributed by atoms with Gasteiger partial charge < -0.3 is 33.2 Å². The third-order valence-corrected chi connectivity index (χ3v) is 5.47. The molecule has 194 valence electrons. The molecule has 0 radical (unpaired) electrons. The zero-order valence-electron chi connectivity index (χ0n) is 20.8. The maximum absolute atomic E-state index is 12.0. The first-order chi connectivity index (χ1) is 16.9. The molecule has 0 saturated carbocycles. The van der Waals surface area contributed by atoms with Crippen molar-refractivity contribution in [2.75, 3.05) is 19.8 Å². The number of hydrogen-bond donors (Lipinski definition) is 0. The molecule has 0 N–H and O–H groups in total. The van der Waals surface area contributed by atoms with Crippen LogP contribution in [-0.4, -0.2) is 56.7 Å². The molecule has 0 bridgehead atoms. The lowest BCUT2D eigenvalue weighted by atomic mass is 10.1. The summed E-state index contributed by atoms with van der Waals surface area (Å²) in [5.41, 5.74) is 1.46. The summed E-state index contributed by atoms with van der Waals surface area (Å²) in [5, 5.41) is 0. The standard InChI is InChI=1S/C25H35NO9/c1-5-7-13-29-24(27)34-22-23(35-25(28)30-14-8-6-2)33-21(32-22)18-11-9-17(10-12-18)20-26-19(15-31-20)16(3)4/h9-12,16,19,21-23H,5-8,13-15H2,1-4H3/t19-,22-,23-/m1/s1. The number of carbonyl (C=O) groups excluding carboxylic acids is 2. The van der Waals surface area contributed by atoms with Gasteiger partial charge in [0.25, 0.3) is 12.6 Å². The van der Waals surface area contributed by atoms with Crippen LogP contribution in [0, 0.1) is 5.92 Å². The summed E-state index contributed by atoms with van der Waals surface area (Å²) in [6, 6.07) is 7.38. The average molecular weight is 494 g/mol. The number of aliphatic imine (C=N–C) groups is 1. The molecule has 35 heavy (non-hydrogen) atoms. The summed E-state index contributed by atoms with van der Waals surface area (Å²) < 4.78 is 37.7. The monoisotopic (exact) mass is 493 g/mol. The van der Waals surface area contributed by atoms with Crippen LogP contribution in [0.3, 0.4) is 0 Å². The molecular weight excluding hydrogens is 458 g/mol. The number of unbranched alkanes of at least 4 members (excludes halogenated alkanes) is 2. The zero-order valence-corrected chi connectivity index (χ0v) is 20.8. The van der Waals surface area contributed by atoms with Gasteiger partial charge in [-0.1, -0.05) is 52.7 Å². The van der Waals surface area contributed by atoms with E-state index in [4.69, 9.17) is 33.2 Å². The van der Waals surface area contributed by atoms with Gasteiger partial charge in [0.1, 0.15) is 6.61 Å². The summed E-state index contributed by atoms with van der Waals surface area (Å²) in [4.78, 5) is 28.7. The quantitative estimate of drug-likeness (QED) is 0.307. The van der Waals surface area contributed by atoms with Gasteiger partial charge in [0.2, 0.25) is 5.90 Å². The third-order valence-electron chi connectivity index (χ3n) is 5.47. The smallest absolute Gasteiger partial charge is 0.475 e. The molecule has 2 aliphatic heterocycles. The van der Waals surface area contributed by atoms with Crippen molar-refractivity contribution in [3.05, 3.63) is 35.4 Å². The highest BCUT2D eigenvalue weighted by molar-refractivity contribution is 5.95. The van der Waals surface area contributed by atoms with Crippen LogP contribution in [0.25, 0.3) is 0 Å². The van der Waals surface area contributed by atoms with E-state index in [1.807, 2.05) is 26.0 Å². The Bertz CT molecular complexity index is 823. The van der Waals surface area contributed by atoms with Crippen LogP contribution in [0.15, 0.2) is 29.3 Å². The second-order valence-electron chi connectivity index (χ2n) is 8.66. The maximum atomic E-state index is 12.0. The van der Waals surface area contributed by atoms with E-state index < -0.39 is 31.2 Å². The first kappa shape index (κ1) is 26.7. The summed E-state index contributed by atoms with van der Waals surface area (Å²) in [7, 11) is 0. The molecule has 0 spiro atoms. The fraction of sp³-hybridized carbons (Fsp3) is 0.640. The van der Waals surface area contributed by atoms with Crippen molar-refractivity contribution in [3.63, 3.8) is 0 Å². The molecule has 0 aromatic heterocycles. The average Bonchev–Trinajstić information content (AvgIpc) is 3.48. The van der Waals surface area contributed by atoms with E-state index in [0.29, 0.717) is 36.8 Å². The second-order valence-corrected chi connectivity index (χ2v) is 8.66. The molecule has 0 aliphatic carbocycles. The molecule has 0 amide bonds. The van der Waals surface area contributed by atoms with Gasteiger partial charge in [-0.2, -0.15) is 0 Å². The van der Waals surface area contributed by atoms with Crippen molar-refractivity contribution < 1.29 is 42.7 Å². The highest BCUT2D eigenvalue weighted by atomic mass is 16.9. The maximum Gasteiger partial charge on any atom is 0.510 e. The lowest BCUT2D eigenvalue weighted by molar-refractivity contribution is -0.159. The van der Waals surface area contributed by atoms with Crippen LogP contribution in [0.2, 0.25) is 0 Å². The largest absolute Gasteiger partial charge is 0.510 e. The Balaban J connectivity index is 1.64. The topological polar surface area (TPSA) is 111 Å².